The molecule has 0 saturated heterocycles. The van der Waals surface area contributed by atoms with Gasteiger partial charge in [-0.15, -0.1) is 0 Å². The molecule has 1 aromatic heterocycles. The molecule has 2 aliphatic rings. The van der Waals surface area contributed by atoms with E-state index >= 15 is 0 Å². The van der Waals surface area contributed by atoms with Gasteiger partial charge in [-0.05, 0) is 89.7 Å². The molecule has 12 rings (SSSR count). The Balaban J connectivity index is 0.981. The summed E-state index contributed by atoms with van der Waals surface area (Å²) < 4.78 is 0. The highest BCUT2D eigenvalue weighted by atomic mass is 14.9. The van der Waals surface area contributed by atoms with E-state index in [2.05, 4.69) is 208 Å². The lowest BCUT2D eigenvalue weighted by molar-refractivity contribution is 0.563. The second-order valence-corrected chi connectivity index (χ2v) is 17.2. The summed E-state index contributed by atoms with van der Waals surface area (Å²) >= 11 is 0. The normalized spacial score (nSPS) is 13.9. The van der Waals surface area contributed by atoms with Crippen LogP contribution in [0.25, 0.3) is 78.1 Å². The van der Waals surface area contributed by atoms with Gasteiger partial charge in [0.15, 0.2) is 5.82 Å². The zero-order valence-electron chi connectivity index (χ0n) is 34.7. The second kappa shape index (κ2) is 13.9. The van der Waals surface area contributed by atoms with Crippen molar-refractivity contribution in [1.29, 1.82) is 0 Å². The summed E-state index contributed by atoms with van der Waals surface area (Å²) in [4.78, 5) is 10.1. The van der Waals surface area contributed by atoms with Crippen molar-refractivity contribution in [2.24, 2.45) is 0 Å². The highest BCUT2D eigenvalue weighted by molar-refractivity contribution is 6.05. The Hall–Kier alpha value is -7.68. The van der Waals surface area contributed by atoms with E-state index in [1.807, 2.05) is 24.3 Å². The van der Waals surface area contributed by atoms with E-state index in [1.54, 1.807) is 0 Å². The largest absolute Gasteiger partial charge is 0.228 e. The first-order valence-corrected chi connectivity index (χ1v) is 21.6. The molecule has 0 unspecified atom stereocenters. The summed E-state index contributed by atoms with van der Waals surface area (Å²) in [6.45, 7) is 4.77. The van der Waals surface area contributed by atoms with Crippen LogP contribution in [-0.4, -0.2) is 9.97 Å². The molecule has 2 nitrogen and oxygen atoms in total. The molecule has 62 heavy (non-hydrogen) atoms. The van der Waals surface area contributed by atoms with E-state index in [0.717, 1.165) is 33.9 Å². The third kappa shape index (κ3) is 5.36. The molecule has 0 N–H and O–H groups in total. The zero-order valence-corrected chi connectivity index (χ0v) is 34.7. The number of hydrogen-bond acceptors (Lipinski definition) is 2. The molecule has 9 aromatic carbocycles. The summed E-state index contributed by atoms with van der Waals surface area (Å²) in [5.41, 5.74) is 20.0. The molecule has 0 bridgehead atoms. The predicted molar refractivity (Wildman–Crippen MR) is 256 cm³/mol. The monoisotopic (exact) mass is 790 g/mol. The van der Waals surface area contributed by atoms with Crippen LogP contribution in [0.1, 0.15) is 47.2 Å². The van der Waals surface area contributed by atoms with Crippen LogP contribution in [0.4, 0.5) is 0 Å². The van der Waals surface area contributed by atoms with Crippen LogP contribution >= 0.6 is 0 Å². The minimum absolute atomic E-state index is 0.136. The maximum atomic E-state index is 5.09. The fraction of sp³-hybridized carbons (Fsp3) is 0.0667. The standard InChI is InChI=1S/C60H42N2/c1-59(2)51-25-13-15-27-53(51)60(54-28-16-14-26-52(54)59)50-24-12-11-23-48(50)49-34-33-43(37-55(49)60)45-36-35-44(46-21-9-10-22-47(45)46)39-29-31-41(32-30-39)57-38-56(40-17-5-3-6-18-40)61-58(62-57)42-19-7-4-8-20-42/h3-38H,1-2H3. The lowest BCUT2D eigenvalue weighted by atomic mass is 9.55. The summed E-state index contributed by atoms with van der Waals surface area (Å²) in [6, 6.07) is 79.7. The summed E-state index contributed by atoms with van der Waals surface area (Å²) in [7, 11) is 0. The SMILES string of the molecule is CC1(C)c2ccccc2C2(c3ccccc3-c3ccc(-c4ccc(-c5ccc(-c6cc(-c7ccccc7)nc(-c7ccccc7)n6)cc5)c5ccccc45)cc32)c2ccccc21. The van der Waals surface area contributed by atoms with Crippen molar-refractivity contribution < 1.29 is 0 Å². The first-order chi connectivity index (χ1) is 30.5. The van der Waals surface area contributed by atoms with Gasteiger partial charge in [0.1, 0.15) is 0 Å². The molecule has 0 fully saturated rings. The lowest BCUT2D eigenvalue weighted by Crippen LogP contribution is -2.40. The Labute approximate surface area is 362 Å². The highest BCUT2D eigenvalue weighted by Gasteiger charge is 2.53. The Morgan fingerprint density at radius 2 is 0.710 bits per heavy atom. The van der Waals surface area contributed by atoms with Crippen LogP contribution < -0.4 is 0 Å². The van der Waals surface area contributed by atoms with E-state index in [4.69, 9.17) is 9.97 Å². The lowest BCUT2D eigenvalue weighted by Gasteiger charge is -2.46. The molecule has 2 heteroatoms. The molecular formula is C60H42N2. The molecule has 0 aliphatic heterocycles. The summed E-state index contributed by atoms with van der Waals surface area (Å²) in [5, 5.41) is 2.46. The van der Waals surface area contributed by atoms with E-state index in [1.165, 1.54) is 77.5 Å². The van der Waals surface area contributed by atoms with Crippen molar-refractivity contribution in [1.82, 2.24) is 9.97 Å². The molecule has 292 valence electrons. The van der Waals surface area contributed by atoms with Crippen LogP contribution in [0.3, 0.4) is 0 Å². The molecule has 0 radical (unpaired) electrons. The summed E-state index contributed by atoms with van der Waals surface area (Å²) in [5.74, 6) is 0.717. The number of hydrogen-bond donors (Lipinski definition) is 0. The second-order valence-electron chi connectivity index (χ2n) is 17.2. The number of fused-ring (bicyclic) bond motifs is 10. The fourth-order valence-electron chi connectivity index (χ4n) is 10.7. The maximum absolute atomic E-state index is 5.09. The van der Waals surface area contributed by atoms with Gasteiger partial charge in [0.05, 0.1) is 16.8 Å². The molecule has 0 amide bonds. The van der Waals surface area contributed by atoms with Crippen molar-refractivity contribution in [3.05, 3.63) is 252 Å². The Morgan fingerprint density at radius 1 is 0.290 bits per heavy atom. The molecular weight excluding hydrogens is 749 g/mol. The molecule has 2 aliphatic carbocycles. The van der Waals surface area contributed by atoms with Gasteiger partial charge in [-0.25, -0.2) is 9.97 Å². The van der Waals surface area contributed by atoms with Gasteiger partial charge >= 0.3 is 0 Å². The van der Waals surface area contributed by atoms with Gasteiger partial charge in [0.2, 0.25) is 0 Å². The van der Waals surface area contributed by atoms with Crippen molar-refractivity contribution in [2.75, 3.05) is 0 Å². The van der Waals surface area contributed by atoms with Crippen LogP contribution in [0, 0.1) is 0 Å². The average molecular weight is 791 g/mol. The van der Waals surface area contributed by atoms with E-state index < -0.39 is 5.41 Å². The van der Waals surface area contributed by atoms with Gasteiger partial charge in [-0.1, -0.05) is 220 Å². The maximum Gasteiger partial charge on any atom is 0.160 e. The van der Waals surface area contributed by atoms with Crippen LogP contribution in [0.2, 0.25) is 0 Å². The van der Waals surface area contributed by atoms with Crippen LogP contribution in [0.15, 0.2) is 218 Å². The minimum atomic E-state index is -0.435. The number of nitrogens with zero attached hydrogens (tertiary/aromatic N) is 2. The first-order valence-electron chi connectivity index (χ1n) is 21.6. The smallest absolute Gasteiger partial charge is 0.160 e. The molecule has 0 saturated carbocycles. The molecule has 1 heterocycles. The van der Waals surface area contributed by atoms with Crippen LogP contribution in [-0.2, 0) is 10.8 Å². The van der Waals surface area contributed by atoms with Gasteiger partial charge in [-0.2, -0.15) is 0 Å². The van der Waals surface area contributed by atoms with Crippen molar-refractivity contribution in [3.63, 3.8) is 0 Å². The third-order valence-corrected chi connectivity index (χ3v) is 13.6. The zero-order chi connectivity index (χ0) is 41.4. The van der Waals surface area contributed by atoms with E-state index in [9.17, 15) is 0 Å². The number of rotatable bonds is 5. The molecule has 10 aromatic rings. The predicted octanol–water partition coefficient (Wildman–Crippen LogP) is 15.0. The molecule has 1 spiro atoms. The third-order valence-electron chi connectivity index (χ3n) is 13.6. The Kier molecular flexibility index (Phi) is 8.14. The minimum Gasteiger partial charge on any atom is -0.228 e. The van der Waals surface area contributed by atoms with Gasteiger partial charge in [0.25, 0.3) is 0 Å². The first kappa shape index (κ1) is 36.2. The Morgan fingerprint density at radius 3 is 1.32 bits per heavy atom. The quantitative estimate of drug-likeness (QED) is 0.174. The highest BCUT2D eigenvalue weighted by Crippen LogP contribution is 2.62. The Bertz CT molecular complexity index is 3260. The van der Waals surface area contributed by atoms with Crippen LogP contribution in [0.5, 0.6) is 0 Å². The van der Waals surface area contributed by atoms with E-state index in [0.29, 0.717) is 0 Å². The summed E-state index contributed by atoms with van der Waals surface area (Å²) in [6.07, 6.45) is 0. The topological polar surface area (TPSA) is 25.8 Å². The van der Waals surface area contributed by atoms with Gasteiger partial charge in [-0.3, -0.25) is 0 Å². The van der Waals surface area contributed by atoms with Crippen molar-refractivity contribution in [3.8, 4) is 67.3 Å². The average Bonchev–Trinajstić information content (AvgIpc) is 3.63. The molecule has 0 atom stereocenters. The van der Waals surface area contributed by atoms with Gasteiger partial charge in [0, 0.05) is 22.1 Å². The van der Waals surface area contributed by atoms with E-state index in [-0.39, 0.29) is 5.41 Å². The van der Waals surface area contributed by atoms with Crippen molar-refractivity contribution >= 4 is 10.8 Å². The fourth-order valence-corrected chi connectivity index (χ4v) is 10.7. The van der Waals surface area contributed by atoms with Crippen molar-refractivity contribution in [2.45, 2.75) is 24.7 Å². The van der Waals surface area contributed by atoms with Gasteiger partial charge < -0.3 is 0 Å². The number of aromatic nitrogens is 2. The number of benzene rings is 9.